The van der Waals surface area contributed by atoms with Gasteiger partial charge in [-0.25, -0.2) is 9.37 Å². The summed E-state index contributed by atoms with van der Waals surface area (Å²) in [5, 5.41) is 6.86. The number of ketones is 1. The van der Waals surface area contributed by atoms with Gasteiger partial charge in [0.15, 0.2) is 0 Å². The number of likely N-dealkylation sites (tertiary alicyclic amines) is 1. The highest BCUT2D eigenvalue weighted by atomic mass is 19.1. The Balaban J connectivity index is 1.29. The fourth-order valence-corrected chi connectivity index (χ4v) is 5.79. The minimum atomic E-state index is -0.268. The first-order valence-electron chi connectivity index (χ1n) is 13.0. The zero-order chi connectivity index (χ0) is 23.3. The van der Waals surface area contributed by atoms with Crippen molar-refractivity contribution in [1.29, 1.82) is 0 Å². The second-order valence-corrected chi connectivity index (χ2v) is 10.3. The number of halogens is 1. The molecule has 3 fully saturated rings. The number of aromatic nitrogens is 2. The van der Waals surface area contributed by atoms with Crippen LogP contribution in [0.4, 0.5) is 21.8 Å². The molecule has 2 saturated carbocycles. The maximum Gasteiger partial charge on any atom is 0.229 e. The Hall–Kier alpha value is -2.54. The van der Waals surface area contributed by atoms with Gasteiger partial charge < -0.3 is 15.5 Å². The predicted molar refractivity (Wildman–Crippen MR) is 133 cm³/mol. The third-order valence-corrected chi connectivity index (χ3v) is 7.82. The number of carbonyl (C=O) groups is 1. The maximum atomic E-state index is 13.3. The van der Waals surface area contributed by atoms with E-state index in [0.717, 1.165) is 56.2 Å². The molecular weight excluding hydrogens is 429 g/mol. The average molecular weight is 466 g/mol. The number of nitrogens with one attached hydrogen (secondary N) is 2. The first-order chi connectivity index (χ1) is 16.6. The van der Waals surface area contributed by atoms with Crippen molar-refractivity contribution in [3.8, 4) is 0 Å². The van der Waals surface area contributed by atoms with Crippen LogP contribution < -0.4 is 10.6 Å². The monoisotopic (exact) mass is 465 g/mol. The Morgan fingerprint density at radius 2 is 1.68 bits per heavy atom. The molecule has 1 saturated heterocycles. The van der Waals surface area contributed by atoms with Gasteiger partial charge in [0.1, 0.15) is 17.4 Å². The summed E-state index contributed by atoms with van der Waals surface area (Å²) in [6.45, 7) is 3.52. The number of benzene rings is 1. The van der Waals surface area contributed by atoms with Gasteiger partial charge in [0.2, 0.25) is 5.95 Å². The predicted octanol–water partition coefficient (Wildman–Crippen LogP) is 5.65. The van der Waals surface area contributed by atoms with Gasteiger partial charge in [-0.05, 0) is 87.7 Å². The minimum Gasteiger partial charge on any atom is -0.367 e. The van der Waals surface area contributed by atoms with E-state index in [-0.39, 0.29) is 11.9 Å². The van der Waals surface area contributed by atoms with Gasteiger partial charge in [-0.15, -0.1) is 0 Å². The van der Waals surface area contributed by atoms with Crippen LogP contribution in [0.3, 0.4) is 0 Å². The van der Waals surface area contributed by atoms with Crippen LogP contribution in [-0.4, -0.2) is 46.3 Å². The molecular formula is C27H36FN5O. The molecule has 2 aliphatic carbocycles. The van der Waals surface area contributed by atoms with Crippen LogP contribution in [0, 0.1) is 11.7 Å². The van der Waals surface area contributed by atoms with Crippen molar-refractivity contribution in [1.82, 2.24) is 14.9 Å². The average Bonchev–Trinajstić information content (AvgIpc) is 3.36. The molecule has 3 aliphatic rings. The zero-order valence-corrected chi connectivity index (χ0v) is 19.9. The number of rotatable bonds is 7. The molecule has 5 rings (SSSR count). The van der Waals surface area contributed by atoms with Crippen LogP contribution in [0.25, 0.3) is 0 Å². The number of hydrogen-bond acceptors (Lipinski definition) is 6. The third kappa shape index (κ3) is 5.93. The lowest BCUT2D eigenvalue weighted by Gasteiger charge is -2.34. The van der Waals surface area contributed by atoms with E-state index in [1.165, 1.54) is 49.9 Å². The summed E-state index contributed by atoms with van der Waals surface area (Å²) >= 11 is 0. The van der Waals surface area contributed by atoms with E-state index in [2.05, 4.69) is 20.5 Å². The Morgan fingerprint density at radius 1 is 0.971 bits per heavy atom. The molecule has 1 aliphatic heterocycles. The topological polar surface area (TPSA) is 70.1 Å². The molecule has 0 amide bonds. The molecule has 0 bridgehead atoms. The molecule has 0 atom stereocenters. The highest BCUT2D eigenvalue weighted by molar-refractivity contribution is 5.79. The summed E-state index contributed by atoms with van der Waals surface area (Å²) in [4.78, 5) is 23.8. The van der Waals surface area contributed by atoms with Crippen molar-refractivity contribution in [3.05, 3.63) is 41.8 Å². The molecule has 1 aromatic carbocycles. The molecule has 2 heterocycles. The molecule has 2 aromatic rings. The summed E-state index contributed by atoms with van der Waals surface area (Å²) in [5.41, 5.74) is 1.94. The van der Waals surface area contributed by atoms with Gasteiger partial charge in [0.25, 0.3) is 0 Å². The minimum absolute atomic E-state index is 0.257. The lowest BCUT2D eigenvalue weighted by Crippen LogP contribution is -2.36. The number of Topliss-reactive ketones (excluding diaryl/α,β-unsaturated/α-hetero) is 1. The van der Waals surface area contributed by atoms with Crippen LogP contribution in [0.1, 0.15) is 75.7 Å². The van der Waals surface area contributed by atoms with Gasteiger partial charge in [-0.1, -0.05) is 12.8 Å². The van der Waals surface area contributed by atoms with Crippen LogP contribution in [0.2, 0.25) is 0 Å². The van der Waals surface area contributed by atoms with E-state index in [1.807, 2.05) is 6.20 Å². The summed E-state index contributed by atoms with van der Waals surface area (Å²) in [6, 6.07) is 6.48. The second-order valence-electron chi connectivity index (χ2n) is 10.3. The lowest BCUT2D eigenvalue weighted by molar-refractivity contribution is -0.120. The largest absolute Gasteiger partial charge is 0.367 e. The molecule has 0 unspecified atom stereocenters. The van der Waals surface area contributed by atoms with E-state index in [9.17, 15) is 9.18 Å². The van der Waals surface area contributed by atoms with Crippen molar-refractivity contribution in [2.24, 2.45) is 5.92 Å². The third-order valence-electron chi connectivity index (χ3n) is 7.82. The summed E-state index contributed by atoms with van der Waals surface area (Å²) in [5.74, 6) is 2.80. The highest BCUT2D eigenvalue weighted by Crippen LogP contribution is 2.35. The SMILES string of the molecule is O=C1CCC(Nc2nc(Nc3ccc(F)cc3)ncc2C2CCN(CC3CCCC3)CC2)CC1. The number of nitrogens with zero attached hydrogens (tertiary/aromatic N) is 3. The molecule has 6 nitrogen and oxygen atoms in total. The molecule has 182 valence electrons. The summed E-state index contributed by atoms with van der Waals surface area (Å²) < 4.78 is 13.3. The second kappa shape index (κ2) is 10.8. The molecule has 0 radical (unpaired) electrons. The number of anilines is 3. The lowest BCUT2D eigenvalue weighted by atomic mass is 9.89. The number of hydrogen-bond donors (Lipinski definition) is 2. The van der Waals surface area contributed by atoms with Crippen LogP contribution >= 0.6 is 0 Å². The first-order valence-corrected chi connectivity index (χ1v) is 13.0. The molecule has 2 N–H and O–H groups in total. The molecule has 34 heavy (non-hydrogen) atoms. The van der Waals surface area contributed by atoms with Crippen molar-refractivity contribution in [2.75, 3.05) is 30.3 Å². The Kier molecular flexibility index (Phi) is 7.38. The van der Waals surface area contributed by atoms with E-state index < -0.39 is 0 Å². The van der Waals surface area contributed by atoms with E-state index in [4.69, 9.17) is 4.98 Å². The van der Waals surface area contributed by atoms with Crippen LogP contribution in [-0.2, 0) is 4.79 Å². The van der Waals surface area contributed by atoms with Gasteiger partial charge >= 0.3 is 0 Å². The van der Waals surface area contributed by atoms with Gasteiger partial charge in [-0.3, -0.25) is 4.79 Å². The smallest absolute Gasteiger partial charge is 0.229 e. The Labute approximate surface area is 201 Å². The van der Waals surface area contributed by atoms with Crippen LogP contribution in [0.15, 0.2) is 30.5 Å². The first kappa shape index (κ1) is 23.2. The fraction of sp³-hybridized carbons (Fsp3) is 0.593. The quantitative estimate of drug-likeness (QED) is 0.550. The number of piperidine rings is 1. The fourth-order valence-electron chi connectivity index (χ4n) is 5.79. The normalized spacial score (nSPS) is 21.1. The number of carbonyl (C=O) groups excluding carboxylic acids is 1. The van der Waals surface area contributed by atoms with Gasteiger partial charge in [0, 0.05) is 42.9 Å². The van der Waals surface area contributed by atoms with Crippen molar-refractivity contribution in [3.63, 3.8) is 0 Å². The maximum absolute atomic E-state index is 13.3. The van der Waals surface area contributed by atoms with Crippen LogP contribution in [0.5, 0.6) is 0 Å². The van der Waals surface area contributed by atoms with Crippen molar-refractivity contribution >= 4 is 23.2 Å². The highest BCUT2D eigenvalue weighted by Gasteiger charge is 2.28. The van der Waals surface area contributed by atoms with Gasteiger partial charge in [-0.2, -0.15) is 4.98 Å². The summed E-state index contributed by atoms with van der Waals surface area (Å²) in [6.07, 6.45) is 12.8. The Bertz CT molecular complexity index is 957. The standard InChI is InChI=1S/C27H36FN5O/c28-21-5-7-23(8-6-21)31-27-29-17-25(26(32-27)30-22-9-11-24(34)12-10-22)20-13-15-33(16-14-20)18-19-3-1-2-4-19/h5-8,17,19-20,22H,1-4,9-16,18H2,(H2,29,30,31,32). The van der Waals surface area contributed by atoms with Gasteiger partial charge in [0.05, 0.1) is 0 Å². The molecule has 0 spiro atoms. The molecule has 7 heteroatoms. The molecule has 1 aromatic heterocycles. The van der Waals surface area contributed by atoms with E-state index >= 15 is 0 Å². The summed E-state index contributed by atoms with van der Waals surface area (Å²) in [7, 11) is 0. The van der Waals surface area contributed by atoms with E-state index in [1.54, 1.807) is 12.1 Å². The zero-order valence-electron chi connectivity index (χ0n) is 19.9. The van der Waals surface area contributed by atoms with Crippen molar-refractivity contribution in [2.45, 2.75) is 76.2 Å². The Morgan fingerprint density at radius 3 is 2.38 bits per heavy atom. The van der Waals surface area contributed by atoms with Crippen molar-refractivity contribution < 1.29 is 9.18 Å². The van der Waals surface area contributed by atoms with E-state index in [0.29, 0.717) is 30.5 Å².